The van der Waals surface area contributed by atoms with Gasteiger partial charge >= 0.3 is 5.97 Å². The molecule has 1 aromatic heterocycles. The van der Waals surface area contributed by atoms with Crippen LogP contribution in [-0.2, 0) is 22.4 Å². The zero-order valence-electron chi connectivity index (χ0n) is 16.6. The summed E-state index contributed by atoms with van der Waals surface area (Å²) in [4.78, 5) is 26.5. The lowest BCUT2D eigenvalue weighted by Gasteiger charge is -2.05. The van der Waals surface area contributed by atoms with Crippen LogP contribution in [0.2, 0.25) is 0 Å². The van der Waals surface area contributed by atoms with Gasteiger partial charge in [-0.2, -0.15) is 0 Å². The number of carbonyl (C=O) groups excluding carboxylic acids is 2. The normalized spacial score (nSPS) is 10.6. The number of ether oxygens (including phenoxy) is 2. The number of esters is 1. The highest BCUT2D eigenvalue weighted by Gasteiger charge is 2.18. The number of rotatable bonds is 9. The molecule has 0 unspecified atom stereocenters. The molecule has 150 valence electrons. The van der Waals surface area contributed by atoms with Crippen LogP contribution in [0.5, 0.6) is 5.75 Å². The Labute approximate surface area is 175 Å². The van der Waals surface area contributed by atoms with Crippen molar-refractivity contribution in [2.24, 2.45) is 0 Å². The molecule has 0 aliphatic carbocycles. The maximum Gasteiger partial charge on any atom is 0.310 e. The van der Waals surface area contributed by atoms with E-state index in [-0.39, 0.29) is 18.2 Å². The van der Waals surface area contributed by atoms with Crippen LogP contribution >= 0.6 is 11.3 Å². The zero-order chi connectivity index (χ0) is 20.6. The second-order valence-corrected chi connectivity index (χ2v) is 7.64. The highest BCUT2D eigenvalue weighted by Crippen LogP contribution is 2.35. The molecule has 5 heteroatoms. The first-order chi connectivity index (χ1) is 14.1. The van der Waals surface area contributed by atoms with Gasteiger partial charge in [0.1, 0.15) is 5.75 Å². The van der Waals surface area contributed by atoms with E-state index in [1.807, 2.05) is 60.7 Å². The quantitative estimate of drug-likeness (QED) is 0.354. The van der Waals surface area contributed by atoms with Gasteiger partial charge in [0, 0.05) is 11.3 Å². The molecule has 0 saturated heterocycles. The zero-order valence-corrected chi connectivity index (χ0v) is 17.5. The highest BCUT2D eigenvalue weighted by atomic mass is 32.1. The molecule has 1 heterocycles. The summed E-state index contributed by atoms with van der Waals surface area (Å²) in [5.74, 6) is 0.559. The fraction of sp³-hybridized carbons (Fsp3) is 0.250. The number of Topliss-reactive ketones (excluding diaryl/α,β-unsaturated/α-hetero) is 1. The maximum atomic E-state index is 12.8. The molecule has 0 spiro atoms. The number of ketones is 1. The maximum absolute atomic E-state index is 12.8. The molecule has 0 aliphatic rings. The van der Waals surface area contributed by atoms with Gasteiger partial charge in [0.15, 0.2) is 5.78 Å². The molecule has 0 fully saturated rings. The van der Waals surface area contributed by atoms with Crippen LogP contribution in [0.25, 0.3) is 10.4 Å². The standard InChI is InChI=1S/C24H24O4S/c1-3-28-23(26)16-19-15-22(21(25)14-9-17-7-5-4-6-8-17)29-24(19)18-10-12-20(27-2)13-11-18/h4-8,10-13,15H,3,9,14,16H2,1-2H3. The summed E-state index contributed by atoms with van der Waals surface area (Å²) in [6, 6.07) is 19.4. The molecular formula is C24H24O4S. The van der Waals surface area contributed by atoms with Crippen molar-refractivity contribution in [3.8, 4) is 16.2 Å². The number of thiophene rings is 1. The lowest BCUT2D eigenvalue weighted by molar-refractivity contribution is -0.142. The predicted octanol–water partition coefficient (Wildman–Crippen LogP) is 5.34. The Kier molecular flexibility index (Phi) is 7.19. The summed E-state index contributed by atoms with van der Waals surface area (Å²) < 4.78 is 10.3. The molecule has 0 saturated carbocycles. The third kappa shape index (κ3) is 5.55. The van der Waals surface area contributed by atoms with Crippen LogP contribution in [0.15, 0.2) is 60.7 Å². The van der Waals surface area contributed by atoms with Gasteiger partial charge in [-0.05, 0) is 60.4 Å². The number of carbonyl (C=O) groups is 2. The van der Waals surface area contributed by atoms with Gasteiger partial charge in [-0.1, -0.05) is 30.3 Å². The van der Waals surface area contributed by atoms with Crippen LogP contribution in [0.3, 0.4) is 0 Å². The predicted molar refractivity (Wildman–Crippen MR) is 116 cm³/mol. The fourth-order valence-corrected chi connectivity index (χ4v) is 4.23. The number of aryl methyl sites for hydroxylation is 1. The summed E-state index contributed by atoms with van der Waals surface area (Å²) in [6.07, 6.45) is 1.28. The Bertz CT molecular complexity index is 958. The molecule has 0 atom stereocenters. The van der Waals surface area contributed by atoms with Crippen molar-refractivity contribution >= 4 is 23.1 Å². The molecule has 2 aromatic carbocycles. The molecule has 4 nitrogen and oxygen atoms in total. The second-order valence-electron chi connectivity index (χ2n) is 6.58. The molecule has 3 rings (SSSR count). The minimum absolute atomic E-state index is 0.0868. The van der Waals surface area contributed by atoms with E-state index in [1.54, 1.807) is 14.0 Å². The van der Waals surface area contributed by atoms with Crippen molar-refractivity contribution in [1.29, 1.82) is 0 Å². The van der Waals surface area contributed by atoms with Crippen LogP contribution < -0.4 is 4.74 Å². The van der Waals surface area contributed by atoms with E-state index < -0.39 is 0 Å². The topological polar surface area (TPSA) is 52.6 Å². The van der Waals surface area contributed by atoms with Crippen LogP contribution in [0, 0.1) is 0 Å². The third-order valence-corrected chi connectivity index (χ3v) is 5.83. The summed E-state index contributed by atoms with van der Waals surface area (Å²) in [5.41, 5.74) is 2.92. The van der Waals surface area contributed by atoms with E-state index in [0.29, 0.717) is 24.3 Å². The third-order valence-electron chi connectivity index (χ3n) is 4.56. The Balaban J connectivity index is 1.84. The van der Waals surface area contributed by atoms with Gasteiger partial charge < -0.3 is 9.47 Å². The van der Waals surface area contributed by atoms with Crippen molar-refractivity contribution < 1.29 is 19.1 Å². The number of hydrogen-bond acceptors (Lipinski definition) is 5. The van der Waals surface area contributed by atoms with Crippen molar-refractivity contribution in [1.82, 2.24) is 0 Å². The monoisotopic (exact) mass is 408 g/mol. The minimum Gasteiger partial charge on any atom is -0.497 e. The van der Waals surface area contributed by atoms with Gasteiger partial charge in [0.2, 0.25) is 0 Å². The van der Waals surface area contributed by atoms with Crippen molar-refractivity contribution in [2.45, 2.75) is 26.2 Å². The van der Waals surface area contributed by atoms with Gasteiger partial charge in [0.05, 0.1) is 25.0 Å². The van der Waals surface area contributed by atoms with E-state index in [2.05, 4.69) is 0 Å². The molecule has 0 radical (unpaired) electrons. The Morgan fingerprint density at radius 1 is 1.00 bits per heavy atom. The smallest absolute Gasteiger partial charge is 0.310 e. The van der Waals surface area contributed by atoms with E-state index in [9.17, 15) is 9.59 Å². The Morgan fingerprint density at radius 2 is 1.72 bits per heavy atom. The molecule has 0 amide bonds. The molecule has 3 aromatic rings. The minimum atomic E-state index is -0.289. The second kappa shape index (κ2) is 10.0. The first-order valence-electron chi connectivity index (χ1n) is 9.60. The van der Waals surface area contributed by atoms with E-state index in [1.165, 1.54) is 11.3 Å². The Hall–Kier alpha value is -2.92. The van der Waals surface area contributed by atoms with E-state index in [4.69, 9.17) is 9.47 Å². The number of methoxy groups -OCH3 is 1. The summed E-state index contributed by atoms with van der Waals surface area (Å²) in [5, 5.41) is 0. The van der Waals surface area contributed by atoms with Gasteiger partial charge in [0.25, 0.3) is 0 Å². The van der Waals surface area contributed by atoms with Gasteiger partial charge in [-0.3, -0.25) is 9.59 Å². The fourth-order valence-electron chi connectivity index (χ4n) is 3.08. The molecule has 29 heavy (non-hydrogen) atoms. The summed E-state index contributed by atoms with van der Waals surface area (Å²) >= 11 is 1.43. The molecule has 0 aliphatic heterocycles. The molecule has 0 N–H and O–H groups in total. The van der Waals surface area contributed by atoms with Crippen LogP contribution in [0.1, 0.15) is 34.1 Å². The number of benzene rings is 2. The van der Waals surface area contributed by atoms with Crippen LogP contribution in [0.4, 0.5) is 0 Å². The van der Waals surface area contributed by atoms with Crippen molar-refractivity contribution in [2.75, 3.05) is 13.7 Å². The number of hydrogen-bond donors (Lipinski definition) is 0. The first-order valence-corrected chi connectivity index (χ1v) is 10.4. The van der Waals surface area contributed by atoms with E-state index in [0.717, 1.165) is 27.3 Å². The molecular weight excluding hydrogens is 384 g/mol. The van der Waals surface area contributed by atoms with Gasteiger partial charge in [-0.25, -0.2) is 0 Å². The molecule has 0 bridgehead atoms. The largest absolute Gasteiger partial charge is 0.497 e. The lowest BCUT2D eigenvalue weighted by Crippen LogP contribution is -2.07. The summed E-state index contributed by atoms with van der Waals surface area (Å²) in [7, 11) is 1.62. The average Bonchev–Trinajstić information content (AvgIpc) is 3.16. The van der Waals surface area contributed by atoms with Crippen molar-refractivity contribution in [3.63, 3.8) is 0 Å². The lowest BCUT2D eigenvalue weighted by atomic mass is 10.0. The highest BCUT2D eigenvalue weighted by molar-refractivity contribution is 7.17. The Morgan fingerprint density at radius 3 is 2.38 bits per heavy atom. The average molecular weight is 409 g/mol. The SMILES string of the molecule is CCOC(=O)Cc1cc(C(=O)CCc2ccccc2)sc1-c1ccc(OC)cc1. The summed E-state index contributed by atoms with van der Waals surface area (Å²) in [6.45, 7) is 2.12. The van der Waals surface area contributed by atoms with Crippen LogP contribution in [-0.4, -0.2) is 25.5 Å². The van der Waals surface area contributed by atoms with Gasteiger partial charge in [-0.15, -0.1) is 11.3 Å². The van der Waals surface area contributed by atoms with Crippen molar-refractivity contribution in [3.05, 3.63) is 76.7 Å². The van der Waals surface area contributed by atoms with E-state index >= 15 is 0 Å². The first kappa shape index (κ1) is 20.8.